The average Bonchev–Trinajstić information content (AvgIpc) is 3.10. The van der Waals surface area contributed by atoms with Crippen molar-refractivity contribution in [2.24, 2.45) is 0 Å². The van der Waals surface area contributed by atoms with Crippen LogP contribution in [0.25, 0.3) is 10.9 Å². The molecular weight excluding hydrogens is 362 g/mol. The Bertz CT molecular complexity index is 1030. The van der Waals surface area contributed by atoms with Crippen LogP contribution in [0.4, 0.5) is 10.5 Å². The summed E-state index contributed by atoms with van der Waals surface area (Å²) in [7, 11) is 0. The lowest BCUT2D eigenvalue weighted by Gasteiger charge is -2.19. The molecule has 0 fully saturated rings. The molecule has 144 valence electrons. The fraction of sp³-hybridized carbons (Fsp3) is 0.200. The second-order valence-electron chi connectivity index (χ2n) is 6.41. The number of carboxylic acid groups (broad SMARTS) is 1. The molecule has 2 aromatic carbocycles. The van der Waals surface area contributed by atoms with Crippen molar-refractivity contribution in [2.45, 2.75) is 12.5 Å². The summed E-state index contributed by atoms with van der Waals surface area (Å²) in [5.74, 6) is 0.0418. The summed E-state index contributed by atoms with van der Waals surface area (Å²) in [4.78, 5) is 27.1. The highest BCUT2D eigenvalue weighted by Gasteiger charge is 2.22. The molecule has 3 aromatic rings. The summed E-state index contributed by atoms with van der Waals surface area (Å²) in [6.07, 6.45) is 1.93. The van der Waals surface area contributed by atoms with Gasteiger partial charge in [-0.1, -0.05) is 18.2 Å². The number of aromatic amines is 1. The first-order chi connectivity index (χ1) is 13.6. The number of urea groups is 1. The first-order valence-electron chi connectivity index (χ1n) is 8.85. The first-order valence-corrected chi connectivity index (χ1v) is 8.85. The molecule has 0 aliphatic carbocycles. The zero-order valence-corrected chi connectivity index (χ0v) is 14.9. The number of hydrogen-bond donors (Lipinski definition) is 4. The van der Waals surface area contributed by atoms with Crippen molar-refractivity contribution < 1.29 is 24.2 Å². The summed E-state index contributed by atoms with van der Waals surface area (Å²) in [6.45, 7) is 0.919. The first kappa shape index (κ1) is 17.7. The Labute approximate surface area is 160 Å². The lowest BCUT2D eigenvalue weighted by Crippen LogP contribution is -2.44. The van der Waals surface area contributed by atoms with Gasteiger partial charge in [0.2, 0.25) is 0 Å². The molecule has 8 heteroatoms. The molecule has 8 nitrogen and oxygen atoms in total. The second-order valence-corrected chi connectivity index (χ2v) is 6.41. The number of carboxylic acids is 1. The summed E-state index contributed by atoms with van der Waals surface area (Å²) < 4.78 is 10.9. The van der Waals surface area contributed by atoms with Gasteiger partial charge in [-0.3, -0.25) is 0 Å². The Morgan fingerprint density at radius 2 is 1.89 bits per heavy atom. The lowest BCUT2D eigenvalue weighted by atomic mass is 10.1. The van der Waals surface area contributed by atoms with Gasteiger partial charge in [0.1, 0.15) is 19.3 Å². The number of para-hydroxylation sites is 1. The zero-order valence-electron chi connectivity index (χ0n) is 14.9. The topological polar surface area (TPSA) is 113 Å². The Morgan fingerprint density at radius 3 is 2.71 bits per heavy atom. The number of H-pyrrole nitrogens is 1. The maximum Gasteiger partial charge on any atom is 0.326 e. The maximum absolute atomic E-state index is 12.3. The van der Waals surface area contributed by atoms with Gasteiger partial charge in [0, 0.05) is 35.3 Å². The van der Waals surface area contributed by atoms with Crippen molar-refractivity contribution in [3.63, 3.8) is 0 Å². The lowest BCUT2D eigenvalue weighted by molar-refractivity contribution is -0.139. The fourth-order valence-corrected chi connectivity index (χ4v) is 3.17. The van der Waals surface area contributed by atoms with E-state index in [0.29, 0.717) is 30.4 Å². The molecule has 0 unspecified atom stereocenters. The highest BCUT2D eigenvalue weighted by Crippen LogP contribution is 2.32. The predicted molar refractivity (Wildman–Crippen MR) is 103 cm³/mol. The number of benzene rings is 2. The molecular formula is C20H19N3O5. The third kappa shape index (κ3) is 3.71. The molecule has 4 rings (SSSR count). The molecule has 1 aliphatic heterocycles. The SMILES string of the molecule is O=C(Nc1ccc2c(c1)OCCO2)N[C@@H](Cc1c[nH]c2ccccc12)C(=O)O. The number of carbonyl (C=O) groups excluding carboxylic acids is 1. The summed E-state index contributed by atoms with van der Waals surface area (Å²) >= 11 is 0. The van der Waals surface area contributed by atoms with Crippen LogP contribution < -0.4 is 20.1 Å². The molecule has 1 atom stereocenters. The second kappa shape index (κ2) is 7.51. The van der Waals surface area contributed by atoms with E-state index in [2.05, 4.69) is 15.6 Å². The standard InChI is InChI=1S/C20H19N3O5/c24-19(25)16(9-12-11-21-15-4-2-1-3-14(12)15)23-20(26)22-13-5-6-17-18(10-13)28-8-7-27-17/h1-6,10-11,16,21H,7-9H2,(H,24,25)(H2,22,23,26)/t16-/m0/s1. The Hall–Kier alpha value is -3.68. The quantitative estimate of drug-likeness (QED) is 0.543. The van der Waals surface area contributed by atoms with Crippen LogP contribution in [-0.4, -0.2) is 41.3 Å². The number of rotatable bonds is 5. The number of nitrogens with one attached hydrogen (secondary N) is 3. The minimum atomic E-state index is -1.11. The van der Waals surface area contributed by atoms with Crippen LogP contribution in [0, 0.1) is 0 Å². The molecule has 28 heavy (non-hydrogen) atoms. The van der Waals surface area contributed by atoms with E-state index in [1.54, 1.807) is 24.4 Å². The monoisotopic (exact) mass is 381 g/mol. The van der Waals surface area contributed by atoms with Crippen molar-refractivity contribution in [3.05, 3.63) is 54.2 Å². The van der Waals surface area contributed by atoms with Gasteiger partial charge in [0.15, 0.2) is 11.5 Å². The third-order valence-electron chi connectivity index (χ3n) is 4.50. The van der Waals surface area contributed by atoms with Gasteiger partial charge in [0.25, 0.3) is 0 Å². The number of hydrogen-bond acceptors (Lipinski definition) is 4. The van der Waals surface area contributed by atoms with Gasteiger partial charge in [-0.15, -0.1) is 0 Å². The minimum absolute atomic E-state index is 0.161. The molecule has 4 N–H and O–H groups in total. The zero-order chi connectivity index (χ0) is 19.5. The van der Waals surface area contributed by atoms with Crippen LogP contribution in [0.15, 0.2) is 48.7 Å². The van der Waals surface area contributed by atoms with Crippen LogP contribution in [0.5, 0.6) is 11.5 Å². The predicted octanol–water partition coefficient (Wildman–Crippen LogP) is 2.76. The number of carbonyl (C=O) groups is 2. The van der Waals surface area contributed by atoms with Gasteiger partial charge in [0.05, 0.1) is 0 Å². The molecule has 0 bridgehead atoms. The van der Waals surface area contributed by atoms with Gasteiger partial charge in [-0.05, 0) is 23.8 Å². The molecule has 0 saturated heterocycles. The minimum Gasteiger partial charge on any atom is -0.486 e. The third-order valence-corrected chi connectivity index (χ3v) is 4.50. The molecule has 2 amide bonds. The van der Waals surface area contributed by atoms with Gasteiger partial charge in [-0.2, -0.15) is 0 Å². The molecule has 0 radical (unpaired) electrons. The van der Waals surface area contributed by atoms with E-state index in [4.69, 9.17) is 9.47 Å². The number of amides is 2. The number of aromatic nitrogens is 1. The van der Waals surface area contributed by atoms with Gasteiger partial charge >= 0.3 is 12.0 Å². The van der Waals surface area contributed by atoms with E-state index in [9.17, 15) is 14.7 Å². The number of ether oxygens (including phenoxy) is 2. The smallest absolute Gasteiger partial charge is 0.326 e. The van der Waals surface area contributed by atoms with Crippen LogP contribution >= 0.6 is 0 Å². The van der Waals surface area contributed by atoms with Gasteiger partial charge < -0.3 is 30.2 Å². The fourth-order valence-electron chi connectivity index (χ4n) is 3.17. The molecule has 1 aliphatic rings. The Balaban J connectivity index is 1.44. The highest BCUT2D eigenvalue weighted by atomic mass is 16.6. The van der Waals surface area contributed by atoms with Crippen molar-refractivity contribution in [1.29, 1.82) is 0 Å². The van der Waals surface area contributed by atoms with E-state index < -0.39 is 18.0 Å². The van der Waals surface area contributed by atoms with E-state index >= 15 is 0 Å². The number of anilines is 1. The summed E-state index contributed by atoms with van der Waals surface area (Å²) in [5.41, 5.74) is 2.22. The number of fused-ring (bicyclic) bond motifs is 2. The molecule has 0 saturated carbocycles. The van der Waals surface area contributed by atoms with E-state index in [1.807, 2.05) is 24.3 Å². The van der Waals surface area contributed by atoms with Crippen LogP contribution in [-0.2, 0) is 11.2 Å². The van der Waals surface area contributed by atoms with Crippen molar-refractivity contribution in [1.82, 2.24) is 10.3 Å². The normalized spacial score (nSPS) is 13.7. The van der Waals surface area contributed by atoms with E-state index in [-0.39, 0.29) is 6.42 Å². The molecule has 1 aromatic heterocycles. The average molecular weight is 381 g/mol. The van der Waals surface area contributed by atoms with Crippen molar-refractivity contribution in [3.8, 4) is 11.5 Å². The molecule has 0 spiro atoms. The van der Waals surface area contributed by atoms with E-state index in [0.717, 1.165) is 16.5 Å². The summed E-state index contributed by atoms with van der Waals surface area (Å²) in [5, 5.41) is 15.6. The largest absolute Gasteiger partial charge is 0.486 e. The van der Waals surface area contributed by atoms with Crippen LogP contribution in [0.1, 0.15) is 5.56 Å². The van der Waals surface area contributed by atoms with Crippen LogP contribution in [0.2, 0.25) is 0 Å². The highest BCUT2D eigenvalue weighted by molar-refractivity contribution is 5.93. The van der Waals surface area contributed by atoms with E-state index in [1.165, 1.54) is 0 Å². The van der Waals surface area contributed by atoms with Gasteiger partial charge in [-0.25, -0.2) is 9.59 Å². The van der Waals surface area contributed by atoms with Crippen molar-refractivity contribution in [2.75, 3.05) is 18.5 Å². The maximum atomic E-state index is 12.3. The summed E-state index contributed by atoms with van der Waals surface area (Å²) in [6, 6.07) is 10.9. The Morgan fingerprint density at radius 1 is 1.11 bits per heavy atom. The Kier molecular flexibility index (Phi) is 4.76. The molecule has 2 heterocycles. The van der Waals surface area contributed by atoms with Crippen molar-refractivity contribution >= 4 is 28.6 Å². The number of aliphatic carboxylic acids is 1. The van der Waals surface area contributed by atoms with Crippen LogP contribution in [0.3, 0.4) is 0 Å².